The lowest BCUT2D eigenvalue weighted by Crippen LogP contribution is -2.46. The molecule has 1 aromatic rings. The van der Waals surface area contributed by atoms with E-state index in [1.807, 2.05) is 0 Å². The van der Waals surface area contributed by atoms with Crippen molar-refractivity contribution in [3.8, 4) is 0 Å². The van der Waals surface area contributed by atoms with Gasteiger partial charge in [-0.25, -0.2) is 4.79 Å². The van der Waals surface area contributed by atoms with E-state index in [-0.39, 0.29) is 5.69 Å². The highest BCUT2D eigenvalue weighted by atomic mass is 16.4. The van der Waals surface area contributed by atoms with E-state index in [2.05, 4.69) is 30.7 Å². The summed E-state index contributed by atoms with van der Waals surface area (Å²) < 4.78 is 5.27. The molecule has 0 saturated carbocycles. The molecule has 0 radical (unpaired) electrons. The molecule has 94 valence electrons. The third-order valence-corrected chi connectivity index (χ3v) is 3.55. The molecular weight excluding hydrogens is 220 g/mol. The van der Waals surface area contributed by atoms with Gasteiger partial charge in [-0.3, -0.25) is 0 Å². The number of carboxylic acid groups (broad SMARTS) is 1. The molecule has 1 aliphatic rings. The fourth-order valence-corrected chi connectivity index (χ4v) is 2.46. The summed E-state index contributed by atoms with van der Waals surface area (Å²) in [5.74, 6) is 0.0751. The third kappa shape index (κ3) is 2.28. The van der Waals surface area contributed by atoms with Crippen LogP contribution in [-0.4, -0.2) is 28.6 Å². The number of rotatable bonds is 2. The molecule has 0 bridgehead atoms. The van der Waals surface area contributed by atoms with Crippen LogP contribution in [0.25, 0.3) is 0 Å². The molecule has 3 unspecified atom stereocenters. The molecule has 1 fully saturated rings. The molecule has 0 amide bonds. The molecule has 17 heavy (non-hydrogen) atoms. The van der Waals surface area contributed by atoms with Crippen LogP contribution >= 0.6 is 0 Å². The van der Waals surface area contributed by atoms with Crippen molar-refractivity contribution in [2.24, 2.45) is 11.8 Å². The number of nitrogens with zero attached hydrogens (tertiary/aromatic N) is 2. The van der Waals surface area contributed by atoms with E-state index in [4.69, 9.17) is 9.52 Å². The Balaban J connectivity index is 2.22. The lowest BCUT2D eigenvalue weighted by molar-refractivity contribution is 0.0690. The van der Waals surface area contributed by atoms with Crippen LogP contribution in [0.2, 0.25) is 0 Å². The van der Waals surface area contributed by atoms with Crippen molar-refractivity contribution in [1.82, 2.24) is 4.98 Å². The minimum atomic E-state index is -1.05. The number of carboxylic acids is 1. The van der Waals surface area contributed by atoms with Crippen molar-refractivity contribution in [1.29, 1.82) is 0 Å². The summed E-state index contributed by atoms with van der Waals surface area (Å²) in [7, 11) is 0. The molecule has 0 aromatic carbocycles. The second-order valence-electron chi connectivity index (χ2n) is 5.03. The maximum Gasteiger partial charge on any atom is 0.357 e. The molecule has 2 rings (SSSR count). The van der Waals surface area contributed by atoms with Crippen LogP contribution in [0.1, 0.15) is 37.7 Å². The van der Waals surface area contributed by atoms with Gasteiger partial charge in [0.2, 0.25) is 0 Å². The Morgan fingerprint density at radius 1 is 1.53 bits per heavy atom. The van der Waals surface area contributed by atoms with E-state index >= 15 is 0 Å². The van der Waals surface area contributed by atoms with Gasteiger partial charge in [-0.1, -0.05) is 13.8 Å². The van der Waals surface area contributed by atoms with Crippen LogP contribution in [0, 0.1) is 11.8 Å². The van der Waals surface area contributed by atoms with Crippen molar-refractivity contribution in [2.75, 3.05) is 11.4 Å². The van der Waals surface area contributed by atoms with Gasteiger partial charge in [-0.05, 0) is 25.2 Å². The van der Waals surface area contributed by atoms with Crippen molar-refractivity contribution >= 4 is 12.0 Å². The first-order valence-corrected chi connectivity index (χ1v) is 5.94. The summed E-state index contributed by atoms with van der Waals surface area (Å²) >= 11 is 0. The summed E-state index contributed by atoms with van der Waals surface area (Å²) in [5.41, 5.74) is -0.0296. The fraction of sp³-hybridized carbons (Fsp3) is 0.667. The maximum atomic E-state index is 10.8. The molecule has 5 nitrogen and oxygen atoms in total. The third-order valence-electron chi connectivity index (χ3n) is 3.55. The van der Waals surface area contributed by atoms with Gasteiger partial charge >= 0.3 is 5.97 Å². The summed E-state index contributed by atoms with van der Waals surface area (Å²) in [6.45, 7) is 7.39. The Kier molecular flexibility index (Phi) is 3.09. The predicted octanol–water partition coefficient (Wildman–Crippen LogP) is 2.24. The summed E-state index contributed by atoms with van der Waals surface area (Å²) in [4.78, 5) is 16.8. The summed E-state index contributed by atoms with van der Waals surface area (Å²) in [6.07, 6.45) is 2.39. The molecule has 1 saturated heterocycles. The largest absolute Gasteiger partial charge is 0.476 e. The topological polar surface area (TPSA) is 66.6 Å². The van der Waals surface area contributed by atoms with Crippen LogP contribution in [0.4, 0.5) is 6.01 Å². The highest BCUT2D eigenvalue weighted by Crippen LogP contribution is 2.30. The quantitative estimate of drug-likeness (QED) is 0.855. The Bertz CT molecular complexity index is 416. The van der Waals surface area contributed by atoms with Gasteiger partial charge in [0, 0.05) is 12.6 Å². The average Bonchev–Trinajstić information content (AvgIpc) is 2.72. The van der Waals surface area contributed by atoms with Crippen molar-refractivity contribution in [2.45, 2.75) is 33.2 Å². The second kappa shape index (κ2) is 4.39. The molecule has 1 aliphatic heterocycles. The monoisotopic (exact) mass is 238 g/mol. The number of carbonyl (C=O) groups is 1. The SMILES string of the molecule is CC1CC(C)C(C)N(c2nc(C(=O)O)co2)C1. The van der Waals surface area contributed by atoms with Gasteiger partial charge in [0.25, 0.3) is 6.01 Å². The number of hydrogen-bond acceptors (Lipinski definition) is 4. The van der Waals surface area contributed by atoms with E-state index < -0.39 is 5.97 Å². The zero-order chi connectivity index (χ0) is 12.6. The van der Waals surface area contributed by atoms with Crippen LogP contribution in [0.15, 0.2) is 10.7 Å². The molecular formula is C12H18N2O3. The van der Waals surface area contributed by atoms with Crippen LogP contribution in [-0.2, 0) is 0 Å². The molecule has 1 N–H and O–H groups in total. The number of aromatic carboxylic acids is 1. The van der Waals surface area contributed by atoms with Gasteiger partial charge < -0.3 is 14.4 Å². The molecule has 2 heterocycles. The lowest BCUT2D eigenvalue weighted by atomic mass is 9.86. The lowest BCUT2D eigenvalue weighted by Gasteiger charge is -2.40. The Morgan fingerprint density at radius 2 is 2.24 bits per heavy atom. The zero-order valence-electron chi connectivity index (χ0n) is 10.4. The van der Waals surface area contributed by atoms with E-state index in [1.165, 1.54) is 12.7 Å². The predicted molar refractivity (Wildman–Crippen MR) is 63.2 cm³/mol. The van der Waals surface area contributed by atoms with Crippen molar-refractivity contribution < 1.29 is 14.3 Å². The van der Waals surface area contributed by atoms with Gasteiger partial charge in [0.15, 0.2) is 5.69 Å². The van der Waals surface area contributed by atoms with Crippen molar-refractivity contribution in [3.63, 3.8) is 0 Å². The van der Waals surface area contributed by atoms with Gasteiger partial charge in [-0.15, -0.1) is 0 Å². The van der Waals surface area contributed by atoms with Crippen molar-refractivity contribution in [3.05, 3.63) is 12.0 Å². The molecule has 3 atom stereocenters. The minimum Gasteiger partial charge on any atom is -0.476 e. The molecule has 1 aromatic heterocycles. The number of oxazole rings is 1. The number of aromatic nitrogens is 1. The highest BCUT2D eigenvalue weighted by molar-refractivity contribution is 5.85. The first-order valence-electron chi connectivity index (χ1n) is 5.94. The standard InChI is InChI=1S/C12H18N2O3/c1-7-4-8(2)9(3)14(5-7)12-13-10(6-17-12)11(15)16/h6-9H,4-5H2,1-3H3,(H,15,16). The highest BCUT2D eigenvalue weighted by Gasteiger charge is 2.31. The normalized spacial score (nSPS) is 29.4. The smallest absolute Gasteiger partial charge is 0.357 e. The average molecular weight is 238 g/mol. The summed E-state index contributed by atoms with van der Waals surface area (Å²) in [5, 5.41) is 8.83. The maximum absolute atomic E-state index is 10.8. The first kappa shape index (κ1) is 12.0. The van der Waals surface area contributed by atoms with Gasteiger partial charge in [-0.2, -0.15) is 4.98 Å². The van der Waals surface area contributed by atoms with E-state index in [1.54, 1.807) is 0 Å². The fourth-order valence-electron chi connectivity index (χ4n) is 2.46. The molecule has 5 heteroatoms. The van der Waals surface area contributed by atoms with E-state index in [0.29, 0.717) is 23.9 Å². The Hall–Kier alpha value is -1.52. The Morgan fingerprint density at radius 3 is 2.82 bits per heavy atom. The summed E-state index contributed by atoms with van der Waals surface area (Å²) in [6, 6.07) is 0.750. The minimum absolute atomic E-state index is 0.0296. The number of hydrogen-bond donors (Lipinski definition) is 1. The Labute approximate surface area is 100 Å². The molecule has 0 aliphatic carbocycles. The van der Waals surface area contributed by atoms with Crippen LogP contribution in [0.5, 0.6) is 0 Å². The second-order valence-corrected chi connectivity index (χ2v) is 5.03. The van der Waals surface area contributed by atoms with E-state index in [0.717, 1.165) is 6.54 Å². The van der Waals surface area contributed by atoms with Gasteiger partial charge in [0.05, 0.1) is 0 Å². The zero-order valence-corrected chi connectivity index (χ0v) is 10.4. The number of piperidine rings is 1. The van der Waals surface area contributed by atoms with Gasteiger partial charge in [0.1, 0.15) is 6.26 Å². The van der Waals surface area contributed by atoms with E-state index in [9.17, 15) is 4.79 Å². The first-order chi connectivity index (χ1) is 7.99. The van der Waals surface area contributed by atoms with Crippen LogP contribution in [0.3, 0.4) is 0 Å². The number of anilines is 1. The molecule has 0 spiro atoms. The van der Waals surface area contributed by atoms with Crippen LogP contribution < -0.4 is 4.90 Å².